The van der Waals surface area contributed by atoms with Crippen molar-refractivity contribution in [2.45, 2.75) is 46.2 Å². The first kappa shape index (κ1) is 15.1. The van der Waals surface area contributed by atoms with Crippen molar-refractivity contribution in [2.75, 3.05) is 13.2 Å². The van der Waals surface area contributed by atoms with Crippen LogP contribution in [0.5, 0.6) is 0 Å². The third kappa shape index (κ3) is 5.15. The zero-order valence-electron chi connectivity index (χ0n) is 11.6. The van der Waals surface area contributed by atoms with E-state index in [0.29, 0.717) is 6.04 Å². The molecule has 0 aliphatic carbocycles. The molecular weight excluding hydrogens is 229 g/mol. The summed E-state index contributed by atoms with van der Waals surface area (Å²) in [4.78, 5) is 0. The number of hydrogen-bond donors (Lipinski definition) is 1. The van der Waals surface area contributed by atoms with Gasteiger partial charge >= 0.3 is 0 Å². The molecule has 1 fully saturated rings. The Morgan fingerprint density at radius 1 is 1.22 bits per heavy atom. The lowest BCUT2D eigenvalue weighted by Gasteiger charge is -2.23. The van der Waals surface area contributed by atoms with Crippen LogP contribution >= 0.6 is 0 Å². The van der Waals surface area contributed by atoms with Gasteiger partial charge in [0.1, 0.15) is 5.82 Å². The van der Waals surface area contributed by atoms with E-state index >= 15 is 0 Å². The Balaban J connectivity index is 0.000000771. The summed E-state index contributed by atoms with van der Waals surface area (Å²) in [7, 11) is 0. The van der Waals surface area contributed by atoms with Gasteiger partial charge in [0, 0.05) is 25.8 Å². The van der Waals surface area contributed by atoms with Gasteiger partial charge in [-0.15, -0.1) is 0 Å². The van der Waals surface area contributed by atoms with Crippen molar-refractivity contribution in [3.05, 3.63) is 35.1 Å². The van der Waals surface area contributed by atoms with Gasteiger partial charge in [-0.3, -0.25) is 0 Å². The third-order valence-corrected chi connectivity index (χ3v) is 2.92. The SMILES string of the molecule is CC.Cc1cc(F)cc(CNC2CCOCC2)c1. The molecule has 1 heterocycles. The number of aryl methyl sites for hydroxylation is 1. The molecule has 102 valence electrons. The standard InChI is InChI=1S/C13H18FNO.C2H6/c1-10-6-11(8-12(14)7-10)9-15-13-2-4-16-5-3-13;1-2/h6-8,13,15H,2-5,9H2,1H3;1-2H3. The van der Waals surface area contributed by atoms with Crippen LogP contribution in [-0.2, 0) is 11.3 Å². The van der Waals surface area contributed by atoms with E-state index in [1.54, 1.807) is 12.1 Å². The summed E-state index contributed by atoms with van der Waals surface area (Å²) in [6, 6.07) is 5.68. The molecule has 1 aliphatic heterocycles. The molecular formula is C15H24FNO. The highest BCUT2D eigenvalue weighted by atomic mass is 19.1. The molecule has 1 aromatic carbocycles. The maximum absolute atomic E-state index is 13.1. The van der Waals surface area contributed by atoms with Crippen LogP contribution in [0, 0.1) is 12.7 Å². The van der Waals surface area contributed by atoms with Gasteiger partial charge < -0.3 is 10.1 Å². The van der Waals surface area contributed by atoms with Gasteiger partial charge in [-0.25, -0.2) is 4.39 Å². The minimum absolute atomic E-state index is 0.149. The summed E-state index contributed by atoms with van der Waals surface area (Å²) in [5.74, 6) is -0.149. The minimum Gasteiger partial charge on any atom is -0.381 e. The van der Waals surface area contributed by atoms with E-state index in [9.17, 15) is 4.39 Å². The quantitative estimate of drug-likeness (QED) is 0.891. The molecule has 0 saturated carbocycles. The number of rotatable bonds is 3. The molecule has 18 heavy (non-hydrogen) atoms. The first-order chi connectivity index (χ1) is 8.74. The van der Waals surface area contributed by atoms with E-state index in [-0.39, 0.29) is 5.82 Å². The topological polar surface area (TPSA) is 21.3 Å². The van der Waals surface area contributed by atoms with Crippen molar-refractivity contribution in [3.63, 3.8) is 0 Å². The maximum atomic E-state index is 13.1. The molecule has 0 atom stereocenters. The monoisotopic (exact) mass is 253 g/mol. The summed E-state index contributed by atoms with van der Waals surface area (Å²) in [6.07, 6.45) is 2.10. The van der Waals surface area contributed by atoms with Crippen LogP contribution < -0.4 is 5.32 Å². The molecule has 0 bridgehead atoms. The van der Waals surface area contributed by atoms with E-state index in [0.717, 1.165) is 43.7 Å². The highest BCUT2D eigenvalue weighted by Gasteiger charge is 2.12. The second kappa shape index (κ2) is 8.22. The second-order valence-electron chi connectivity index (χ2n) is 4.40. The maximum Gasteiger partial charge on any atom is 0.123 e. The smallest absolute Gasteiger partial charge is 0.123 e. The van der Waals surface area contributed by atoms with Gasteiger partial charge in [-0.05, 0) is 43.0 Å². The molecule has 2 nitrogen and oxygen atoms in total. The van der Waals surface area contributed by atoms with Crippen molar-refractivity contribution in [2.24, 2.45) is 0 Å². The predicted molar refractivity (Wildman–Crippen MR) is 73.2 cm³/mol. The zero-order chi connectivity index (χ0) is 13.4. The summed E-state index contributed by atoms with van der Waals surface area (Å²) < 4.78 is 18.4. The number of hydrogen-bond acceptors (Lipinski definition) is 2. The molecule has 1 saturated heterocycles. The minimum atomic E-state index is -0.149. The number of halogens is 1. The van der Waals surface area contributed by atoms with E-state index in [2.05, 4.69) is 5.32 Å². The second-order valence-corrected chi connectivity index (χ2v) is 4.40. The van der Waals surface area contributed by atoms with Crippen molar-refractivity contribution in [1.82, 2.24) is 5.32 Å². The van der Waals surface area contributed by atoms with Crippen LogP contribution in [0.25, 0.3) is 0 Å². The highest BCUT2D eigenvalue weighted by Crippen LogP contribution is 2.10. The molecule has 0 unspecified atom stereocenters. The van der Waals surface area contributed by atoms with Crippen LogP contribution in [0.15, 0.2) is 18.2 Å². The van der Waals surface area contributed by atoms with Crippen LogP contribution in [0.4, 0.5) is 4.39 Å². The zero-order valence-corrected chi connectivity index (χ0v) is 11.6. The van der Waals surface area contributed by atoms with Crippen molar-refractivity contribution in [1.29, 1.82) is 0 Å². The van der Waals surface area contributed by atoms with Gasteiger partial charge in [-0.1, -0.05) is 19.9 Å². The van der Waals surface area contributed by atoms with Crippen LogP contribution in [0.3, 0.4) is 0 Å². The van der Waals surface area contributed by atoms with Gasteiger partial charge in [0.2, 0.25) is 0 Å². The van der Waals surface area contributed by atoms with Gasteiger partial charge in [-0.2, -0.15) is 0 Å². The predicted octanol–water partition coefficient (Wildman–Crippen LogP) is 3.43. The largest absolute Gasteiger partial charge is 0.381 e. The first-order valence-electron chi connectivity index (χ1n) is 6.81. The summed E-state index contributed by atoms with van der Waals surface area (Å²) in [5, 5.41) is 3.45. The molecule has 1 aromatic rings. The molecule has 1 N–H and O–H groups in total. The number of ether oxygens (including phenoxy) is 1. The molecule has 2 rings (SSSR count). The van der Waals surface area contributed by atoms with Crippen LogP contribution in [0.1, 0.15) is 37.8 Å². The Bertz CT molecular complexity index is 328. The van der Waals surface area contributed by atoms with E-state index in [1.807, 2.05) is 26.8 Å². The van der Waals surface area contributed by atoms with Crippen molar-refractivity contribution in [3.8, 4) is 0 Å². The molecule has 0 aromatic heterocycles. The number of nitrogens with one attached hydrogen (secondary N) is 1. The fourth-order valence-electron chi connectivity index (χ4n) is 2.08. The van der Waals surface area contributed by atoms with Crippen molar-refractivity contribution >= 4 is 0 Å². The molecule has 1 aliphatic rings. The first-order valence-corrected chi connectivity index (χ1v) is 6.81. The Morgan fingerprint density at radius 2 is 1.89 bits per heavy atom. The lowest BCUT2D eigenvalue weighted by molar-refractivity contribution is 0.0776. The molecule has 0 amide bonds. The third-order valence-electron chi connectivity index (χ3n) is 2.92. The van der Waals surface area contributed by atoms with Gasteiger partial charge in [0.05, 0.1) is 0 Å². The Morgan fingerprint density at radius 3 is 2.50 bits per heavy atom. The van der Waals surface area contributed by atoms with Crippen LogP contribution in [0.2, 0.25) is 0 Å². The van der Waals surface area contributed by atoms with E-state index in [1.165, 1.54) is 0 Å². The lowest BCUT2D eigenvalue weighted by Crippen LogP contribution is -2.34. The number of benzene rings is 1. The molecule has 0 radical (unpaired) electrons. The summed E-state index contributed by atoms with van der Waals surface area (Å²) in [5.41, 5.74) is 1.99. The van der Waals surface area contributed by atoms with Crippen molar-refractivity contribution < 1.29 is 9.13 Å². The molecule has 3 heteroatoms. The highest BCUT2D eigenvalue weighted by molar-refractivity contribution is 5.23. The lowest BCUT2D eigenvalue weighted by atomic mass is 10.1. The Labute approximate surface area is 110 Å². The van der Waals surface area contributed by atoms with E-state index in [4.69, 9.17) is 4.74 Å². The normalized spacial score (nSPS) is 16.0. The summed E-state index contributed by atoms with van der Waals surface area (Å²) >= 11 is 0. The molecule has 0 spiro atoms. The fourth-order valence-corrected chi connectivity index (χ4v) is 2.08. The van der Waals surface area contributed by atoms with E-state index < -0.39 is 0 Å². The average molecular weight is 253 g/mol. The average Bonchev–Trinajstić information content (AvgIpc) is 2.39. The fraction of sp³-hybridized carbons (Fsp3) is 0.600. The van der Waals surface area contributed by atoms with Crippen LogP contribution in [-0.4, -0.2) is 19.3 Å². The van der Waals surface area contributed by atoms with Gasteiger partial charge in [0.15, 0.2) is 0 Å². The van der Waals surface area contributed by atoms with Gasteiger partial charge in [0.25, 0.3) is 0 Å². The Hall–Kier alpha value is -0.930. The Kier molecular flexibility index (Phi) is 6.91. The summed E-state index contributed by atoms with van der Waals surface area (Å²) in [6.45, 7) is 8.32.